The number of hydrogen-bond donors (Lipinski definition) is 2. The summed E-state index contributed by atoms with van der Waals surface area (Å²) in [6.45, 7) is 0. The summed E-state index contributed by atoms with van der Waals surface area (Å²) < 4.78 is 1.10. The summed E-state index contributed by atoms with van der Waals surface area (Å²) in [5, 5.41) is 4.92. The first-order valence-electron chi connectivity index (χ1n) is 5.27. The lowest BCUT2D eigenvalue weighted by Crippen LogP contribution is -2.29. The van der Waals surface area contributed by atoms with Gasteiger partial charge in [0.25, 0.3) is 0 Å². The lowest BCUT2D eigenvalue weighted by atomic mass is 10.2. The number of thioether (sulfide) groups is 1. The largest absolute Gasteiger partial charge is 0.271 e. The van der Waals surface area contributed by atoms with Crippen molar-refractivity contribution >= 4 is 50.6 Å². The number of hydrazine groups is 1. The zero-order valence-electron chi connectivity index (χ0n) is 9.40. The molecule has 3 N–H and O–H groups in total. The molecule has 1 heterocycles. The van der Waals surface area contributed by atoms with E-state index < -0.39 is 0 Å². The van der Waals surface area contributed by atoms with Crippen molar-refractivity contribution in [1.29, 1.82) is 0 Å². The Balaban J connectivity index is 2.02. The van der Waals surface area contributed by atoms with Gasteiger partial charge in [0.05, 0.1) is 6.04 Å². The van der Waals surface area contributed by atoms with Crippen molar-refractivity contribution in [3.05, 3.63) is 50.1 Å². The van der Waals surface area contributed by atoms with Crippen LogP contribution in [0.3, 0.4) is 0 Å². The van der Waals surface area contributed by atoms with Crippen molar-refractivity contribution in [2.45, 2.75) is 10.9 Å². The summed E-state index contributed by atoms with van der Waals surface area (Å²) in [7, 11) is 0. The highest BCUT2D eigenvalue weighted by Gasteiger charge is 2.14. The number of hydrogen-bond acceptors (Lipinski definition) is 4. The van der Waals surface area contributed by atoms with Crippen molar-refractivity contribution in [1.82, 2.24) is 5.43 Å². The predicted octanol–water partition coefficient (Wildman–Crippen LogP) is 4.46. The first-order chi connectivity index (χ1) is 8.70. The van der Waals surface area contributed by atoms with E-state index in [9.17, 15) is 0 Å². The Morgan fingerprint density at radius 2 is 2.28 bits per heavy atom. The van der Waals surface area contributed by atoms with Crippen molar-refractivity contribution in [2.75, 3.05) is 5.75 Å². The molecule has 0 radical (unpaired) electrons. The van der Waals surface area contributed by atoms with Crippen molar-refractivity contribution in [3.63, 3.8) is 0 Å². The van der Waals surface area contributed by atoms with E-state index in [0.29, 0.717) is 0 Å². The number of rotatable bonds is 5. The fourth-order valence-electron chi connectivity index (χ4n) is 1.50. The van der Waals surface area contributed by atoms with E-state index in [0.717, 1.165) is 20.1 Å². The highest BCUT2D eigenvalue weighted by atomic mass is 79.9. The van der Waals surface area contributed by atoms with Crippen LogP contribution in [0.15, 0.2) is 44.4 Å². The van der Waals surface area contributed by atoms with Crippen LogP contribution in [0.2, 0.25) is 5.02 Å². The summed E-state index contributed by atoms with van der Waals surface area (Å²) in [6.07, 6.45) is 0. The average Bonchev–Trinajstić information content (AvgIpc) is 2.77. The Bertz CT molecular complexity index is 518. The Morgan fingerprint density at radius 3 is 2.89 bits per heavy atom. The molecular weight excluding hydrogens is 352 g/mol. The zero-order chi connectivity index (χ0) is 13.0. The van der Waals surface area contributed by atoms with Gasteiger partial charge in [-0.05, 0) is 45.1 Å². The second-order valence-electron chi connectivity index (χ2n) is 3.66. The highest BCUT2D eigenvalue weighted by molar-refractivity contribution is 9.10. The molecule has 6 heteroatoms. The highest BCUT2D eigenvalue weighted by Crippen LogP contribution is 2.31. The molecule has 0 spiro atoms. The van der Waals surface area contributed by atoms with Gasteiger partial charge in [0.1, 0.15) is 0 Å². The van der Waals surface area contributed by atoms with Gasteiger partial charge >= 0.3 is 0 Å². The van der Waals surface area contributed by atoms with E-state index in [4.69, 9.17) is 17.4 Å². The van der Waals surface area contributed by atoms with Crippen LogP contribution >= 0.6 is 50.6 Å². The van der Waals surface area contributed by atoms with Crippen LogP contribution in [0, 0.1) is 0 Å². The number of nitrogens with one attached hydrogen (secondary N) is 1. The monoisotopic (exact) mass is 362 g/mol. The summed E-state index contributed by atoms with van der Waals surface area (Å²) >= 11 is 12.9. The molecule has 0 bridgehead atoms. The van der Waals surface area contributed by atoms with Crippen LogP contribution in [-0.2, 0) is 0 Å². The molecule has 0 saturated heterocycles. The summed E-state index contributed by atoms with van der Waals surface area (Å²) in [5.41, 5.74) is 4.04. The first-order valence-corrected chi connectivity index (χ1v) is 8.36. The Morgan fingerprint density at radius 1 is 1.44 bits per heavy atom. The van der Waals surface area contributed by atoms with Gasteiger partial charge < -0.3 is 0 Å². The van der Waals surface area contributed by atoms with E-state index in [1.165, 1.54) is 5.56 Å². The molecule has 0 aliphatic carbocycles. The molecule has 1 aromatic carbocycles. The van der Waals surface area contributed by atoms with Crippen LogP contribution < -0.4 is 11.3 Å². The maximum absolute atomic E-state index is 5.96. The van der Waals surface area contributed by atoms with Gasteiger partial charge in [-0.3, -0.25) is 11.3 Å². The van der Waals surface area contributed by atoms with E-state index in [1.807, 2.05) is 24.3 Å². The van der Waals surface area contributed by atoms with Gasteiger partial charge in [0, 0.05) is 25.5 Å². The molecule has 0 aliphatic heterocycles. The van der Waals surface area contributed by atoms with E-state index in [1.54, 1.807) is 23.1 Å². The summed E-state index contributed by atoms with van der Waals surface area (Å²) in [5.74, 6) is 6.47. The normalized spacial score (nSPS) is 12.6. The molecule has 2 rings (SSSR count). The van der Waals surface area contributed by atoms with Crippen LogP contribution in [-0.4, -0.2) is 5.75 Å². The van der Waals surface area contributed by atoms with Crippen LogP contribution in [0.25, 0.3) is 0 Å². The molecule has 18 heavy (non-hydrogen) atoms. The minimum atomic E-state index is 0.120. The molecular formula is C12H12BrClN2S2. The van der Waals surface area contributed by atoms with Crippen molar-refractivity contribution < 1.29 is 0 Å². The van der Waals surface area contributed by atoms with Gasteiger partial charge in [0.15, 0.2) is 0 Å². The SMILES string of the molecule is NNC(CSc1cccc(Cl)c1)c1cscc1Br. The lowest BCUT2D eigenvalue weighted by Gasteiger charge is -2.15. The number of thiophene rings is 1. The average molecular weight is 364 g/mol. The molecule has 1 aromatic heterocycles. The minimum Gasteiger partial charge on any atom is -0.271 e. The van der Waals surface area contributed by atoms with Crippen molar-refractivity contribution in [2.24, 2.45) is 5.84 Å². The molecule has 0 amide bonds. The van der Waals surface area contributed by atoms with Gasteiger partial charge in [0.2, 0.25) is 0 Å². The molecule has 0 saturated carbocycles. The summed E-state index contributed by atoms with van der Waals surface area (Å²) in [6, 6.07) is 7.96. The van der Waals surface area contributed by atoms with Gasteiger partial charge in [-0.25, -0.2) is 0 Å². The van der Waals surface area contributed by atoms with Crippen molar-refractivity contribution in [3.8, 4) is 0 Å². The quantitative estimate of drug-likeness (QED) is 0.468. The third-order valence-electron chi connectivity index (χ3n) is 2.43. The van der Waals surface area contributed by atoms with Crippen LogP contribution in [0.4, 0.5) is 0 Å². The third kappa shape index (κ3) is 3.73. The van der Waals surface area contributed by atoms with E-state index in [2.05, 4.69) is 32.1 Å². The van der Waals surface area contributed by atoms with Crippen LogP contribution in [0.1, 0.15) is 11.6 Å². The standard InChI is InChI=1S/C12H12BrClN2S2/c13-11-6-17-5-10(11)12(16-15)7-18-9-3-1-2-8(14)4-9/h1-6,12,16H,7,15H2. The van der Waals surface area contributed by atoms with E-state index >= 15 is 0 Å². The molecule has 2 nitrogen and oxygen atoms in total. The molecule has 1 atom stereocenters. The smallest absolute Gasteiger partial charge is 0.0573 e. The molecule has 96 valence electrons. The topological polar surface area (TPSA) is 38.0 Å². The third-order valence-corrected chi connectivity index (χ3v) is 5.51. The zero-order valence-corrected chi connectivity index (χ0v) is 13.4. The fourth-order valence-corrected chi connectivity index (χ4v) is 4.41. The van der Waals surface area contributed by atoms with Gasteiger partial charge in [-0.2, -0.15) is 11.3 Å². The maximum atomic E-state index is 5.96. The number of benzene rings is 1. The Kier molecular flexibility index (Phi) is 5.54. The molecule has 2 aromatic rings. The van der Waals surface area contributed by atoms with E-state index in [-0.39, 0.29) is 6.04 Å². The maximum Gasteiger partial charge on any atom is 0.0573 e. The van der Waals surface area contributed by atoms with Gasteiger partial charge in [-0.1, -0.05) is 17.7 Å². The summed E-state index contributed by atoms with van der Waals surface area (Å²) in [4.78, 5) is 1.15. The predicted molar refractivity (Wildman–Crippen MR) is 84.3 cm³/mol. The second-order valence-corrected chi connectivity index (χ2v) is 6.79. The Hall–Kier alpha value is -0.0400. The lowest BCUT2D eigenvalue weighted by molar-refractivity contribution is 0.610. The van der Waals surface area contributed by atoms with Crippen LogP contribution in [0.5, 0.6) is 0 Å². The Labute approximate surface area is 128 Å². The molecule has 0 fully saturated rings. The molecule has 1 unspecified atom stereocenters. The van der Waals surface area contributed by atoms with Gasteiger partial charge in [-0.15, -0.1) is 11.8 Å². The fraction of sp³-hybridized carbons (Fsp3) is 0.167. The minimum absolute atomic E-state index is 0.120. The second kappa shape index (κ2) is 6.93. The number of nitrogens with two attached hydrogens (primary N) is 1. The molecule has 0 aliphatic rings. The number of halogens is 2. The first kappa shape index (κ1) is 14.4.